The van der Waals surface area contributed by atoms with Gasteiger partial charge in [0.1, 0.15) is 12.4 Å². The van der Waals surface area contributed by atoms with Crippen LogP contribution in [0.5, 0.6) is 5.75 Å². The summed E-state index contributed by atoms with van der Waals surface area (Å²) < 4.78 is 5.70. The van der Waals surface area contributed by atoms with Gasteiger partial charge in [0.15, 0.2) is 5.78 Å². The molecule has 2 aromatic carbocycles. The van der Waals surface area contributed by atoms with Crippen molar-refractivity contribution in [1.82, 2.24) is 0 Å². The van der Waals surface area contributed by atoms with Crippen LogP contribution >= 0.6 is 0 Å². The van der Waals surface area contributed by atoms with Crippen molar-refractivity contribution in [1.29, 1.82) is 0 Å². The Morgan fingerprint density at radius 2 is 1.84 bits per heavy atom. The van der Waals surface area contributed by atoms with Gasteiger partial charge in [-0.05, 0) is 55.3 Å². The third-order valence-electron chi connectivity index (χ3n) is 2.96. The number of ether oxygens (including phenoxy) is 1. The molecule has 0 unspecified atom stereocenters. The fraction of sp³-hybridized carbons (Fsp3) is 0.188. The van der Waals surface area contributed by atoms with Crippen LogP contribution in [0, 0.1) is 6.92 Å². The molecule has 19 heavy (non-hydrogen) atoms. The average Bonchev–Trinajstić information content (AvgIpc) is 2.37. The molecular formula is C16H17NO2. The number of hydrogen-bond donors (Lipinski definition) is 1. The number of nitrogens with two attached hydrogens (primary N) is 1. The van der Waals surface area contributed by atoms with Gasteiger partial charge in [-0.25, -0.2) is 0 Å². The van der Waals surface area contributed by atoms with Crippen LogP contribution in [0.2, 0.25) is 0 Å². The Labute approximate surface area is 113 Å². The van der Waals surface area contributed by atoms with Crippen molar-refractivity contribution in [2.75, 3.05) is 5.73 Å². The number of nitrogen functional groups attached to an aromatic ring is 1. The molecule has 0 heterocycles. The molecule has 2 N–H and O–H groups in total. The van der Waals surface area contributed by atoms with Crippen molar-refractivity contribution in [3.05, 3.63) is 59.2 Å². The number of anilines is 1. The lowest BCUT2D eigenvalue weighted by atomic mass is 10.1. The molecule has 0 radical (unpaired) electrons. The van der Waals surface area contributed by atoms with Crippen LogP contribution in [0.15, 0.2) is 42.5 Å². The summed E-state index contributed by atoms with van der Waals surface area (Å²) in [5.74, 6) is 0.835. The zero-order chi connectivity index (χ0) is 13.8. The van der Waals surface area contributed by atoms with Gasteiger partial charge in [0, 0.05) is 11.3 Å². The zero-order valence-electron chi connectivity index (χ0n) is 11.1. The highest BCUT2D eigenvalue weighted by molar-refractivity contribution is 5.95. The highest BCUT2D eigenvalue weighted by atomic mass is 16.5. The van der Waals surface area contributed by atoms with E-state index in [9.17, 15) is 4.79 Å². The number of carbonyl (C=O) groups excluding carboxylic acids is 1. The summed E-state index contributed by atoms with van der Waals surface area (Å²) in [7, 11) is 0. The minimum absolute atomic E-state index is 0.0718. The van der Waals surface area contributed by atoms with E-state index in [1.54, 1.807) is 13.0 Å². The van der Waals surface area contributed by atoms with Crippen molar-refractivity contribution < 1.29 is 9.53 Å². The van der Waals surface area contributed by atoms with Gasteiger partial charge in [-0.3, -0.25) is 4.79 Å². The van der Waals surface area contributed by atoms with Crippen LogP contribution < -0.4 is 10.5 Å². The van der Waals surface area contributed by atoms with Crippen LogP contribution in [-0.2, 0) is 6.61 Å². The van der Waals surface area contributed by atoms with Gasteiger partial charge < -0.3 is 10.5 Å². The topological polar surface area (TPSA) is 52.3 Å². The van der Waals surface area contributed by atoms with E-state index in [-0.39, 0.29) is 5.78 Å². The number of benzene rings is 2. The minimum Gasteiger partial charge on any atom is -0.489 e. The van der Waals surface area contributed by atoms with E-state index in [1.807, 2.05) is 43.3 Å². The first-order valence-electron chi connectivity index (χ1n) is 6.15. The number of aryl methyl sites for hydroxylation is 1. The van der Waals surface area contributed by atoms with Crippen LogP contribution in [0.1, 0.15) is 28.4 Å². The van der Waals surface area contributed by atoms with Crippen molar-refractivity contribution in [2.24, 2.45) is 0 Å². The van der Waals surface area contributed by atoms with Gasteiger partial charge in [0.25, 0.3) is 0 Å². The SMILES string of the molecule is CC(=O)c1ccc(OCc2ccc(N)cc2)cc1C. The molecule has 3 heteroatoms. The number of carbonyl (C=O) groups is 1. The molecule has 2 aromatic rings. The summed E-state index contributed by atoms with van der Waals surface area (Å²) in [5.41, 5.74) is 9.09. The lowest BCUT2D eigenvalue weighted by Crippen LogP contribution is -1.99. The number of Topliss-reactive ketones (excluding diaryl/α,β-unsaturated/α-hetero) is 1. The summed E-state index contributed by atoms with van der Waals surface area (Å²) in [6, 6.07) is 13.1. The van der Waals surface area contributed by atoms with Gasteiger partial charge >= 0.3 is 0 Å². The van der Waals surface area contributed by atoms with Crippen LogP contribution in [0.3, 0.4) is 0 Å². The van der Waals surface area contributed by atoms with Crippen LogP contribution in [0.4, 0.5) is 5.69 Å². The van der Waals surface area contributed by atoms with Crippen LogP contribution in [0.25, 0.3) is 0 Å². The second-order valence-electron chi connectivity index (χ2n) is 4.56. The lowest BCUT2D eigenvalue weighted by Gasteiger charge is -2.09. The Morgan fingerprint density at radius 3 is 2.42 bits per heavy atom. The second kappa shape index (κ2) is 5.57. The fourth-order valence-electron chi connectivity index (χ4n) is 1.90. The number of ketones is 1. The molecule has 98 valence electrons. The molecule has 0 atom stereocenters. The van der Waals surface area contributed by atoms with Gasteiger partial charge in [-0.1, -0.05) is 12.1 Å². The third-order valence-corrected chi connectivity index (χ3v) is 2.96. The summed E-state index contributed by atoms with van der Waals surface area (Å²) in [5, 5.41) is 0. The van der Waals surface area contributed by atoms with Gasteiger partial charge in [0.05, 0.1) is 0 Å². The molecular weight excluding hydrogens is 238 g/mol. The maximum atomic E-state index is 11.3. The van der Waals surface area contributed by atoms with E-state index in [4.69, 9.17) is 10.5 Å². The van der Waals surface area contributed by atoms with Crippen molar-refractivity contribution >= 4 is 11.5 Å². The largest absolute Gasteiger partial charge is 0.489 e. The molecule has 3 nitrogen and oxygen atoms in total. The van der Waals surface area contributed by atoms with E-state index in [1.165, 1.54) is 0 Å². The predicted octanol–water partition coefficient (Wildman–Crippen LogP) is 3.36. The Bertz CT molecular complexity index is 588. The Morgan fingerprint density at radius 1 is 1.16 bits per heavy atom. The highest BCUT2D eigenvalue weighted by Gasteiger charge is 2.05. The minimum atomic E-state index is 0.0718. The molecule has 0 aromatic heterocycles. The summed E-state index contributed by atoms with van der Waals surface area (Å²) in [6.45, 7) is 3.96. The second-order valence-corrected chi connectivity index (χ2v) is 4.56. The van der Waals surface area contributed by atoms with Crippen molar-refractivity contribution in [3.63, 3.8) is 0 Å². The van der Waals surface area contributed by atoms with E-state index in [0.29, 0.717) is 6.61 Å². The first-order chi connectivity index (χ1) is 9.06. The van der Waals surface area contributed by atoms with Gasteiger partial charge in [0.2, 0.25) is 0 Å². The number of rotatable bonds is 4. The van der Waals surface area contributed by atoms with E-state index >= 15 is 0 Å². The molecule has 0 aliphatic carbocycles. The summed E-state index contributed by atoms with van der Waals surface area (Å²) in [6.07, 6.45) is 0. The molecule has 0 saturated carbocycles. The third kappa shape index (κ3) is 3.35. The quantitative estimate of drug-likeness (QED) is 0.673. The summed E-state index contributed by atoms with van der Waals surface area (Å²) in [4.78, 5) is 11.3. The first kappa shape index (κ1) is 13.1. The number of hydrogen-bond acceptors (Lipinski definition) is 3. The smallest absolute Gasteiger partial charge is 0.160 e. The van der Waals surface area contributed by atoms with E-state index in [2.05, 4.69) is 0 Å². The molecule has 0 amide bonds. The Kier molecular flexibility index (Phi) is 3.85. The Hall–Kier alpha value is -2.29. The van der Waals surface area contributed by atoms with Crippen molar-refractivity contribution in [3.8, 4) is 5.75 Å². The Balaban J connectivity index is 2.06. The molecule has 0 aliphatic heterocycles. The maximum absolute atomic E-state index is 11.3. The molecule has 2 rings (SSSR count). The lowest BCUT2D eigenvalue weighted by molar-refractivity contribution is 0.101. The van der Waals surface area contributed by atoms with Gasteiger partial charge in [-0.2, -0.15) is 0 Å². The highest BCUT2D eigenvalue weighted by Crippen LogP contribution is 2.19. The van der Waals surface area contributed by atoms with Crippen LogP contribution in [-0.4, -0.2) is 5.78 Å². The maximum Gasteiger partial charge on any atom is 0.160 e. The standard InChI is InChI=1S/C16H17NO2/c1-11-9-15(7-8-16(11)12(2)18)19-10-13-3-5-14(17)6-4-13/h3-9H,10,17H2,1-2H3. The van der Waals surface area contributed by atoms with E-state index in [0.717, 1.165) is 28.1 Å². The monoisotopic (exact) mass is 255 g/mol. The van der Waals surface area contributed by atoms with E-state index < -0.39 is 0 Å². The zero-order valence-corrected chi connectivity index (χ0v) is 11.1. The predicted molar refractivity (Wildman–Crippen MR) is 76.4 cm³/mol. The fourth-order valence-corrected chi connectivity index (χ4v) is 1.90. The summed E-state index contributed by atoms with van der Waals surface area (Å²) >= 11 is 0. The molecule has 0 fully saturated rings. The molecule has 0 bridgehead atoms. The normalized spacial score (nSPS) is 10.2. The molecule has 0 aliphatic rings. The molecule has 0 saturated heterocycles. The van der Waals surface area contributed by atoms with Gasteiger partial charge in [-0.15, -0.1) is 0 Å². The first-order valence-corrected chi connectivity index (χ1v) is 6.15. The molecule has 0 spiro atoms. The van der Waals surface area contributed by atoms with Crippen molar-refractivity contribution in [2.45, 2.75) is 20.5 Å². The average molecular weight is 255 g/mol.